The first-order valence-electron chi connectivity index (χ1n) is 7.77. The van der Waals surface area contributed by atoms with Crippen LogP contribution in [-0.2, 0) is 4.74 Å². The molecule has 2 aliphatic rings. The minimum Gasteiger partial charge on any atom is -0.375 e. The number of nitrogens with two attached hydrogens (primary N) is 1. The molecule has 110 valence electrons. The van der Waals surface area contributed by atoms with Gasteiger partial charge < -0.3 is 10.5 Å². The average molecular weight is 291 g/mol. The van der Waals surface area contributed by atoms with Gasteiger partial charge in [0.05, 0.1) is 5.60 Å². The van der Waals surface area contributed by atoms with E-state index in [1.807, 2.05) is 0 Å². The smallest absolute Gasteiger partial charge is 0.0685 e. The van der Waals surface area contributed by atoms with Crippen LogP contribution in [0.5, 0.6) is 0 Å². The van der Waals surface area contributed by atoms with Crippen LogP contribution in [-0.4, -0.2) is 18.5 Å². The lowest BCUT2D eigenvalue weighted by molar-refractivity contribution is -0.0964. The third-order valence-electron chi connectivity index (χ3n) is 5.05. The van der Waals surface area contributed by atoms with Crippen molar-refractivity contribution >= 4 is 11.8 Å². The van der Waals surface area contributed by atoms with Crippen molar-refractivity contribution in [3.8, 4) is 0 Å². The maximum atomic E-state index is 6.63. The maximum Gasteiger partial charge on any atom is 0.0685 e. The average Bonchev–Trinajstić information content (AvgIpc) is 2.94. The summed E-state index contributed by atoms with van der Waals surface area (Å²) >= 11 is 1.80. The number of rotatable bonds is 3. The van der Waals surface area contributed by atoms with E-state index < -0.39 is 0 Å². The van der Waals surface area contributed by atoms with Crippen LogP contribution in [0.25, 0.3) is 0 Å². The first-order valence-corrected chi connectivity index (χ1v) is 8.99. The summed E-state index contributed by atoms with van der Waals surface area (Å²) < 4.78 is 6.14. The standard InChI is InChI=1S/C17H25NOS/c1-20-15-7-3-2-6-14(15)16(18)13-8-11-19-17(12-13)9-4-5-10-17/h2-3,6-7,13,16H,4-5,8-12,18H2,1H3. The Bertz CT molecular complexity index is 456. The van der Waals surface area contributed by atoms with Crippen LogP contribution < -0.4 is 5.73 Å². The van der Waals surface area contributed by atoms with Crippen molar-refractivity contribution in [1.29, 1.82) is 0 Å². The molecule has 1 saturated heterocycles. The summed E-state index contributed by atoms with van der Waals surface area (Å²) in [7, 11) is 0. The Kier molecular flexibility index (Phi) is 4.39. The van der Waals surface area contributed by atoms with Crippen molar-refractivity contribution in [3.05, 3.63) is 29.8 Å². The van der Waals surface area contributed by atoms with Crippen molar-refractivity contribution in [1.82, 2.24) is 0 Å². The summed E-state index contributed by atoms with van der Waals surface area (Å²) in [5.41, 5.74) is 8.11. The summed E-state index contributed by atoms with van der Waals surface area (Å²) in [4.78, 5) is 1.33. The number of benzene rings is 1. The highest BCUT2D eigenvalue weighted by Crippen LogP contribution is 2.45. The molecule has 1 aliphatic carbocycles. The largest absolute Gasteiger partial charge is 0.375 e. The van der Waals surface area contributed by atoms with Crippen LogP contribution >= 0.6 is 11.8 Å². The molecule has 0 aromatic heterocycles. The van der Waals surface area contributed by atoms with E-state index in [1.165, 1.54) is 36.1 Å². The first kappa shape index (κ1) is 14.4. The predicted molar refractivity (Wildman–Crippen MR) is 85.0 cm³/mol. The van der Waals surface area contributed by atoms with Gasteiger partial charge in [-0.1, -0.05) is 31.0 Å². The molecule has 2 nitrogen and oxygen atoms in total. The minimum atomic E-state index is 0.153. The van der Waals surface area contributed by atoms with Crippen molar-refractivity contribution in [2.24, 2.45) is 11.7 Å². The van der Waals surface area contributed by atoms with E-state index in [0.717, 1.165) is 19.4 Å². The quantitative estimate of drug-likeness (QED) is 0.850. The number of hydrogen-bond donors (Lipinski definition) is 1. The summed E-state index contributed by atoms with van der Waals surface area (Å²) in [5, 5.41) is 0. The van der Waals surface area contributed by atoms with Crippen LogP contribution in [0, 0.1) is 5.92 Å². The molecule has 1 aliphatic heterocycles. The van der Waals surface area contributed by atoms with Gasteiger partial charge in [-0.3, -0.25) is 0 Å². The molecule has 1 aromatic rings. The lowest BCUT2D eigenvalue weighted by atomic mass is 9.79. The molecule has 2 fully saturated rings. The highest BCUT2D eigenvalue weighted by molar-refractivity contribution is 7.98. The van der Waals surface area contributed by atoms with Gasteiger partial charge >= 0.3 is 0 Å². The van der Waals surface area contributed by atoms with Gasteiger partial charge in [0.25, 0.3) is 0 Å². The van der Waals surface area contributed by atoms with Gasteiger partial charge in [-0.05, 0) is 49.5 Å². The van der Waals surface area contributed by atoms with Crippen molar-refractivity contribution in [2.75, 3.05) is 12.9 Å². The molecule has 0 amide bonds. The fraction of sp³-hybridized carbons (Fsp3) is 0.647. The van der Waals surface area contributed by atoms with Crippen LogP contribution in [0.2, 0.25) is 0 Å². The third-order valence-corrected chi connectivity index (χ3v) is 5.86. The Morgan fingerprint density at radius 2 is 2.05 bits per heavy atom. The molecular weight excluding hydrogens is 266 g/mol. The molecule has 1 heterocycles. The van der Waals surface area contributed by atoms with E-state index in [9.17, 15) is 0 Å². The van der Waals surface area contributed by atoms with Gasteiger partial charge in [0.15, 0.2) is 0 Å². The fourth-order valence-corrected chi connectivity index (χ4v) is 4.59. The van der Waals surface area contributed by atoms with Crippen LogP contribution in [0.3, 0.4) is 0 Å². The van der Waals surface area contributed by atoms with Gasteiger partial charge in [0, 0.05) is 17.5 Å². The Balaban J connectivity index is 1.77. The normalized spacial score (nSPS) is 26.8. The molecule has 3 rings (SSSR count). The second-order valence-corrected chi connectivity index (χ2v) is 7.11. The van der Waals surface area contributed by atoms with Crippen molar-refractivity contribution < 1.29 is 4.74 Å². The second kappa shape index (κ2) is 6.08. The summed E-state index contributed by atoms with van der Waals surface area (Å²) in [6, 6.07) is 8.75. The zero-order valence-corrected chi connectivity index (χ0v) is 13.1. The number of thioether (sulfide) groups is 1. The Labute approximate surface area is 126 Å². The topological polar surface area (TPSA) is 35.2 Å². The van der Waals surface area contributed by atoms with E-state index in [-0.39, 0.29) is 11.6 Å². The van der Waals surface area contributed by atoms with Crippen molar-refractivity contribution in [3.63, 3.8) is 0 Å². The fourth-order valence-electron chi connectivity index (χ4n) is 3.94. The molecule has 2 N–H and O–H groups in total. The van der Waals surface area contributed by atoms with Gasteiger partial charge in [-0.15, -0.1) is 11.8 Å². The zero-order valence-electron chi connectivity index (χ0n) is 12.3. The molecule has 0 radical (unpaired) electrons. The Morgan fingerprint density at radius 1 is 1.30 bits per heavy atom. The Morgan fingerprint density at radius 3 is 2.80 bits per heavy atom. The van der Waals surface area contributed by atoms with E-state index in [4.69, 9.17) is 10.5 Å². The molecular formula is C17H25NOS. The monoisotopic (exact) mass is 291 g/mol. The van der Waals surface area contributed by atoms with Crippen LogP contribution in [0.1, 0.15) is 50.1 Å². The lowest BCUT2D eigenvalue weighted by Crippen LogP contribution is -2.40. The van der Waals surface area contributed by atoms with Gasteiger partial charge in [0.2, 0.25) is 0 Å². The molecule has 20 heavy (non-hydrogen) atoms. The van der Waals surface area contributed by atoms with Gasteiger partial charge in [0.1, 0.15) is 0 Å². The minimum absolute atomic E-state index is 0.153. The van der Waals surface area contributed by atoms with Gasteiger partial charge in [-0.2, -0.15) is 0 Å². The van der Waals surface area contributed by atoms with Crippen molar-refractivity contribution in [2.45, 2.75) is 55.1 Å². The predicted octanol–water partition coefficient (Wildman–Crippen LogP) is 4.15. The molecule has 0 bridgehead atoms. The first-order chi connectivity index (χ1) is 9.74. The van der Waals surface area contributed by atoms with E-state index in [2.05, 4.69) is 30.5 Å². The summed E-state index contributed by atoms with van der Waals surface area (Å²) in [5.74, 6) is 0.565. The molecule has 3 heteroatoms. The summed E-state index contributed by atoms with van der Waals surface area (Å²) in [6.07, 6.45) is 9.50. The molecule has 2 unspecified atom stereocenters. The molecule has 1 aromatic carbocycles. The molecule has 1 spiro atoms. The number of ether oxygens (including phenoxy) is 1. The maximum absolute atomic E-state index is 6.63. The highest BCUT2D eigenvalue weighted by Gasteiger charge is 2.41. The summed E-state index contributed by atoms with van der Waals surface area (Å²) in [6.45, 7) is 0.889. The van der Waals surface area contributed by atoms with E-state index in [1.54, 1.807) is 11.8 Å². The van der Waals surface area contributed by atoms with Gasteiger partial charge in [-0.25, -0.2) is 0 Å². The van der Waals surface area contributed by atoms with E-state index in [0.29, 0.717) is 5.92 Å². The number of hydrogen-bond acceptors (Lipinski definition) is 3. The van der Waals surface area contributed by atoms with Crippen LogP contribution in [0.15, 0.2) is 29.2 Å². The Hall–Kier alpha value is -0.510. The molecule has 2 atom stereocenters. The SMILES string of the molecule is CSc1ccccc1C(N)C1CCOC2(CCCC2)C1. The highest BCUT2D eigenvalue weighted by atomic mass is 32.2. The zero-order chi connectivity index (χ0) is 14.0. The third kappa shape index (κ3) is 2.76. The second-order valence-electron chi connectivity index (χ2n) is 6.26. The molecule has 1 saturated carbocycles. The van der Waals surface area contributed by atoms with E-state index >= 15 is 0 Å². The lowest BCUT2D eigenvalue weighted by Gasteiger charge is -2.40. The van der Waals surface area contributed by atoms with Crippen LogP contribution in [0.4, 0.5) is 0 Å².